The minimum Gasteiger partial charge on any atom is -0.393 e. The zero-order valence-corrected chi connectivity index (χ0v) is 11.4. The molecule has 5 nitrogen and oxygen atoms in total. The second-order valence-electron chi connectivity index (χ2n) is 3.91. The van der Waals surface area contributed by atoms with Crippen molar-refractivity contribution in [3.63, 3.8) is 0 Å². The van der Waals surface area contributed by atoms with Crippen LogP contribution in [-0.2, 0) is 0 Å². The minimum absolute atomic E-state index is 0.533. The summed E-state index contributed by atoms with van der Waals surface area (Å²) in [5.74, 6) is 1.61. The third kappa shape index (κ3) is 4.14. The highest BCUT2D eigenvalue weighted by molar-refractivity contribution is 7.80. The van der Waals surface area contributed by atoms with Crippen LogP contribution in [0.25, 0.3) is 0 Å². The lowest BCUT2D eigenvalue weighted by Gasteiger charge is -2.22. The molecule has 1 aromatic rings. The van der Waals surface area contributed by atoms with Gasteiger partial charge in [0.15, 0.2) is 0 Å². The van der Waals surface area contributed by atoms with Gasteiger partial charge in [-0.2, -0.15) is 4.98 Å². The molecule has 6 heteroatoms. The average Bonchev–Trinajstić information content (AvgIpc) is 2.30. The van der Waals surface area contributed by atoms with E-state index in [-0.39, 0.29) is 0 Å². The van der Waals surface area contributed by atoms with Crippen molar-refractivity contribution in [3.8, 4) is 0 Å². The van der Waals surface area contributed by atoms with Crippen LogP contribution in [0.1, 0.15) is 13.3 Å². The molecule has 1 rings (SSSR count). The van der Waals surface area contributed by atoms with Gasteiger partial charge in [-0.05, 0) is 13.0 Å². The quantitative estimate of drug-likeness (QED) is 0.765. The molecule has 0 saturated carbocycles. The molecule has 0 saturated heterocycles. The van der Waals surface area contributed by atoms with E-state index in [2.05, 4.69) is 21.8 Å². The van der Waals surface area contributed by atoms with E-state index in [9.17, 15) is 0 Å². The maximum Gasteiger partial charge on any atom is 0.226 e. The van der Waals surface area contributed by atoms with E-state index < -0.39 is 0 Å². The fourth-order valence-electron chi connectivity index (χ4n) is 1.41. The molecule has 1 aromatic heterocycles. The topological polar surface area (TPSA) is 58.3 Å². The molecule has 0 atom stereocenters. The van der Waals surface area contributed by atoms with Gasteiger partial charge in [-0.3, -0.25) is 0 Å². The van der Waals surface area contributed by atoms with Crippen LogP contribution in [0, 0.1) is 0 Å². The smallest absolute Gasteiger partial charge is 0.226 e. The molecule has 0 unspecified atom stereocenters. The van der Waals surface area contributed by atoms with Gasteiger partial charge in [-0.15, -0.1) is 0 Å². The maximum atomic E-state index is 5.52. The fraction of sp³-hybridized carbons (Fsp3) is 0.545. The van der Waals surface area contributed by atoms with Crippen molar-refractivity contribution in [3.05, 3.63) is 12.3 Å². The monoisotopic (exact) mass is 253 g/mol. The Balaban J connectivity index is 2.80. The summed E-state index contributed by atoms with van der Waals surface area (Å²) in [5, 5.41) is 0. The fourth-order valence-corrected chi connectivity index (χ4v) is 1.50. The van der Waals surface area contributed by atoms with Crippen LogP contribution in [0.15, 0.2) is 12.3 Å². The second kappa shape index (κ2) is 6.34. The summed E-state index contributed by atoms with van der Waals surface area (Å²) < 4.78 is 0. The summed E-state index contributed by atoms with van der Waals surface area (Å²) in [6.45, 7) is 3.74. The highest BCUT2D eigenvalue weighted by atomic mass is 32.1. The molecule has 94 valence electrons. The number of anilines is 2. The highest BCUT2D eigenvalue weighted by Crippen LogP contribution is 2.13. The minimum atomic E-state index is 0.533. The van der Waals surface area contributed by atoms with Crippen LogP contribution in [0.5, 0.6) is 0 Å². The summed E-state index contributed by atoms with van der Waals surface area (Å²) in [5.41, 5.74) is 5.52. The molecule has 0 radical (unpaired) electrons. The van der Waals surface area contributed by atoms with Crippen molar-refractivity contribution in [1.29, 1.82) is 0 Å². The predicted octanol–water partition coefficient (Wildman–Crippen LogP) is 1.05. The summed E-state index contributed by atoms with van der Waals surface area (Å²) in [6.07, 6.45) is 2.46. The highest BCUT2D eigenvalue weighted by Gasteiger charge is 2.08. The van der Waals surface area contributed by atoms with Crippen molar-refractivity contribution < 1.29 is 0 Å². The normalized spacial score (nSPS) is 10.1. The molecular weight excluding hydrogens is 234 g/mol. The molecular formula is C11H19N5S. The van der Waals surface area contributed by atoms with Crippen LogP contribution >= 0.6 is 12.2 Å². The van der Waals surface area contributed by atoms with Crippen LogP contribution in [0.2, 0.25) is 0 Å². The van der Waals surface area contributed by atoms with Crippen molar-refractivity contribution in [2.45, 2.75) is 13.3 Å². The lowest BCUT2D eigenvalue weighted by Crippen LogP contribution is -2.28. The first kappa shape index (κ1) is 13.6. The molecule has 17 heavy (non-hydrogen) atoms. The van der Waals surface area contributed by atoms with Gasteiger partial charge in [0.1, 0.15) is 5.82 Å². The summed E-state index contributed by atoms with van der Waals surface area (Å²) in [6, 6.07) is 1.90. The van der Waals surface area contributed by atoms with Gasteiger partial charge in [0, 0.05) is 39.8 Å². The molecule has 0 aliphatic rings. The second-order valence-corrected chi connectivity index (χ2v) is 4.43. The standard InChI is InChI=1S/C11H19N5S/c1-4-16(8-6-9(12)17)10-5-7-13-11(14-10)15(2)3/h5,7H,4,6,8H2,1-3H3,(H2,12,17). The number of hydrogen-bond donors (Lipinski definition) is 1. The van der Waals surface area contributed by atoms with E-state index in [1.54, 1.807) is 6.20 Å². The Labute approximate surface area is 108 Å². The van der Waals surface area contributed by atoms with Gasteiger partial charge >= 0.3 is 0 Å². The third-order valence-corrected chi connectivity index (χ3v) is 2.57. The summed E-state index contributed by atoms with van der Waals surface area (Å²) in [7, 11) is 3.84. The van der Waals surface area contributed by atoms with Crippen LogP contribution in [-0.4, -0.2) is 42.1 Å². The Hall–Kier alpha value is -1.43. The molecule has 0 aliphatic carbocycles. The van der Waals surface area contributed by atoms with Gasteiger partial charge in [-0.1, -0.05) is 12.2 Å². The summed E-state index contributed by atoms with van der Waals surface area (Å²) in [4.78, 5) is 13.2. The van der Waals surface area contributed by atoms with Gasteiger partial charge in [-0.25, -0.2) is 4.98 Å². The van der Waals surface area contributed by atoms with Gasteiger partial charge in [0.2, 0.25) is 5.95 Å². The van der Waals surface area contributed by atoms with Crippen molar-refractivity contribution in [2.75, 3.05) is 37.0 Å². The molecule has 0 aliphatic heterocycles. The molecule has 0 fully saturated rings. The lowest BCUT2D eigenvalue weighted by molar-refractivity contribution is 0.813. The largest absolute Gasteiger partial charge is 0.393 e. The van der Waals surface area contributed by atoms with Gasteiger partial charge in [0.25, 0.3) is 0 Å². The molecule has 1 heterocycles. The average molecular weight is 253 g/mol. The SMILES string of the molecule is CCN(CCC(N)=S)c1ccnc(N(C)C)n1. The summed E-state index contributed by atoms with van der Waals surface area (Å²) >= 11 is 4.89. The Kier molecular flexibility index (Phi) is 5.09. The number of hydrogen-bond acceptors (Lipinski definition) is 5. The van der Waals surface area contributed by atoms with Crippen molar-refractivity contribution in [2.24, 2.45) is 5.73 Å². The molecule has 0 bridgehead atoms. The molecule has 0 aromatic carbocycles. The Morgan fingerprint density at radius 2 is 2.18 bits per heavy atom. The van der Waals surface area contributed by atoms with E-state index >= 15 is 0 Å². The van der Waals surface area contributed by atoms with E-state index in [1.165, 1.54) is 0 Å². The van der Waals surface area contributed by atoms with E-state index in [1.807, 2.05) is 25.1 Å². The Morgan fingerprint density at radius 1 is 1.47 bits per heavy atom. The first-order valence-corrected chi connectivity index (χ1v) is 5.99. The maximum absolute atomic E-state index is 5.52. The van der Waals surface area contributed by atoms with Crippen LogP contribution < -0.4 is 15.5 Å². The number of nitrogens with two attached hydrogens (primary N) is 1. The van der Waals surface area contributed by atoms with Crippen LogP contribution in [0.4, 0.5) is 11.8 Å². The van der Waals surface area contributed by atoms with Crippen molar-refractivity contribution >= 4 is 29.0 Å². The number of aromatic nitrogens is 2. The molecule has 0 amide bonds. The van der Waals surface area contributed by atoms with Crippen molar-refractivity contribution in [1.82, 2.24) is 9.97 Å². The number of thiocarbonyl (C=S) groups is 1. The van der Waals surface area contributed by atoms with Gasteiger partial charge < -0.3 is 15.5 Å². The lowest BCUT2D eigenvalue weighted by atomic mass is 10.3. The number of rotatable bonds is 6. The zero-order chi connectivity index (χ0) is 12.8. The number of nitrogens with zero attached hydrogens (tertiary/aromatic N) is 4. The Bertz CT molecular complexity index is 380. The van der Waals surface area contributed by atoms with E-state index in [4.69, 9.17) is 18.0 Å². The first-order valence-electron chi connectivity index (χ1n) is 5.58. The van der Waals surface area contributed by atoms with Gasteiger partial charge in [0.05, 0.1) is 4.99 Å². The third-order valence-electron chi connectivity index (χ3n) is 2.36. The molecule has 2 N–H and O–H groups in total. The van der Waals surface area contributed by atoms with E-state index in [0.29, 0.717) is 17.4 Å². The zero-order valence-electron chi connectivity index (χ0n) is 10.6. The van der Waals surface area contributed by atoms with E-state index in [0.717, 1.165) is 18.9 Å². The molecule has 0 spiro atoms. The predicted molar refractivity (Wildman–Crippen MR) is 75.6 cm³/mol. The van der Waals surface area contributed by atoms with Crippen LogP contribution in [0.3, 0.4) is 0 Å². The Morgan fingerprint density at radius 3 is 2.71 bits per heavy atom. The first-order chi connectivity index (χ1) is 8.04.